The van der Waals surface area contributed by atoms with Gasteiger partial charge >= 0.3 is 5.97 Å². The molecule has 1 aliphatic heterocycles. The van der Waals surface area contributed by atoms with E-state index in [1.807, 2.05) is 0 Å². The van der Waals surface area contributed by atoms with Crippen molar-refractivity contribution in [2.24, 2.45) is 5.92 Å². The van der Waals surface area contributed by atoms with Crippen molar-refractivity contribution >= 4 is 52.5 Å². The first-order valence-electron chi connectivity index (χ1n) is 6.82. The number of carbonyl (C=O) groups is 2. The Kier molecular flexibility index (Phi) is 8.69. The van der Waals surface area contributed by atoms with E-state index in [0.29, 0.717) is 16.1 Å². The Bertz CT molecular complexity index is 494. The first-order valence-corrected chi connectivity index (χ1v) is 8.62. The van der Waals surface area contributed by atoms with Crippen LogP contribution in [0.5, 0.6) is 0 Å². The fourth-order valence-electron chi connectivity index (χ4n) is 1.93. The zero-order chi connectivity index (χ0) is 15.1. The number of halogens is 1. The van der Waals surface area contributed by atoms with Gasteiger partial charge in [-0.15, -0.1) is 22.6 Å². The third kappa shape index (κ3) is 6.07. The smallest absolute Gasteiger partial charge is 0.316 e. The largest absolute Gasteiger partial charge is 0.465 e. The Labute approximate surface area is 143 Å². The van der Waals surface area contributed by atoms with Gasteiger partial charge in [-0.1, -0.05) is 23.1 Å². The summed E-state index contributed by atoms with van der Waals surface area (Å²) in [5.74, 6) is -0.0524. The number of amides is 1. The van der Waals surface area contributed by atoms with Crippen molar-refractivity contribution in [2.75, 3.05) is 30.8 Å². The molecule has 1 aromatic heterocycles. The Morgan fingerprint density at radius 3 is 2.82 bits per heavy atom. The number of hydrogen-bond donors (Lipinski definition) is 2. The number of carbonyl (C=O) groups excluding carboxylic acids is 2. The molecule has 1 amide bonds. The minimum atomic E-state index is -0.280. The SMILES string of the molecule is CCOC(=O)CSc1nnc(NC(=O)C2CCNCC2)s1.Cl. The number of ether oxygens (including phenoxy) is 1. The summed E-state index contributed by atoms with van der Waals surface area (Å²) in [5, 5.41) is 14.4. The molecule has 0 unspecified atom stereocenters. The molecule has 2 rings (SSSR count). The number of nitrogens with one attached hydrogen (secondary N) is 2. The average molecular weight is 367 g/mol. The van der Waals surface area contributed by atoms with Crippen molar-refractivity contribution in [3.63, 3.8) is 0 Å². The van der Waals surface area contributed by atoms with Crippen LogP contribution in [0.25, 0.3) is 0 Å². The van der Waals surface area contributed by atoms with E-state index in [4.69, 9.17) is 4.74 Å². The quantitative estimate of drug-likeness (QED) is 0.448. The van der Waals surface area contributed by atoms with Gasteiger partial charge in [0, 0.05) is 5.92 Å². The van der Waals surface area contributed by atoms with Gasteiger partial charge in [0.15, 0.2) is 4.34 Å². The van der Waals surface area contributed by atoms with Gasteiger partial charge in [0.05, 0.1) is 12.4 Å². The summed E-state index contributed by atoms with van der Waals surface area (Å²) in [5.41, 5.74) is 0. The topological polar surface area (TPSA) is 93.2 Å². The average Bonchev–Trinajstić information content (AvgIpc) is 2.94. The number of rotatable bonds is 6. The van der Waals surface area contributed by atoms with Crippen LogP contribution >= 0.6 is 35.5 Å². The van der Waals surface area contributed by atoms with Crippen molar-refractivity contribution in [3.8, 4) is 0 Å². The van der Waals surface area contributed by atoms with Gasteiger partial charge in [0.25, 0.3) is 0 Å². The molecule has 1 fully saturated rings. The lowest BCUT2D eigenvalue weighted by molar-refractivity contribution is -0.139. The summed E-state index contributed by atoms with van der Waals surface area (Å²) < 4.78 is 5.48. The summed E-state index contributed by atoms with van der Waals surface area (Å²) in [6.45, 7) is 3.87. The maximum absolute atomic E-state index is 12.0. The number of esters is 1. The van der Waals surface area contributed by atoms with E-state index in [0.717, 1.165) is 25.9 Å². The molecule has 0 aromatic carbocycles. The minimum absolute atomic E-state index is 0. The second-order valence-electron chi connectivity index (χ2n) is 4.48. The van der Waals surface area contributed by atoms with Gasteiger partial charge in [0.2, 0.25) is 11.0 Å². The minimum Gasteiger partial charge on any atom is -0.465 e. The fraction of sp³-hybridized carbons (Fsp3) is 0.667. The third-order valence-corrected chi connectivity index (χ3v) is 4.91. The Balaban J connectivity index is 0.00000242. The zero-order valence-corrected chi connectivity index (χ0v) is 14.6. The first-order chi connectivity index (χ1) is 10.2. The summed E-state index contributed by atoms with van der Waals surface area (Å²) >= 11 is 2.53. The lowest BCUT2D eigenvalue weighted by atomic mass is 9.97. The van der Waals surface area contributed by atoms with Crippen molar-refractivity contribution in [1.29, 1.82) is 0 Å². The second-order valence-corrected chi connectivity index (χ2v) is 6.68. The van der Waals surface area contributed by atoms with Crippen molar-refractivity contribution in [2.45, 2.75) is 24.1 Å². The maximum atomic E-state index is 12.0. The van der Waals surface area contributed by atoms with E-state index in [9.17, 15) is 9.59 Å². The van der Waals surface area contributed by atoms with Crippen LogP contribution in [0, 0.1) is 5.92 Å². The monoisotopic (exact) mass is 366 g/mol. The first kappa shape index (κ1) is 19.1. The van der Waals surface area contributed by atoms with Gasteiger partial charge < -0.3 is 15.4 Å². The molecule has 2 heterocycles. The molecule has 0 spiro atoms. The highest BCUT2D eigenvalue weighted by atomic mass is 35.5. The van der Waals surface area contributed by atoms with E-state index in [-0.39, 0.29) is 36.0 Å². The highest BCUT2D eigenvalue weighted by molar-refractivity contribution is 8.01. The van der Waals surface area contributed by atoms with Gasteiger partial charge in [-0.05, 0) is 32.9 Å². The molecule has 0 bridgehead atoms. The fourth-order valence-corrected chi connectivity index (χ4v) is 3.49. The molecule has 1 saturated heterocycles. The number of aromatic nitrogens is 2. The van der Waals surface area contributed by atoms with E-state index in [1.165, 1.54) is 23.1 Å². The predicted molar refractivity (Wildman–Crippen MR) is 88.7 cm³/mol. The number of piperidine rings is 1. The molecule has 0 atom stereocenters. The normalized spacial score (nSPS) is 15.0. The lowest BCUT2D eigenvalue weighted by Gasteiger charge is -2.20. The molecule has 0 saturated carbocycles. The highest BCUT2D eigenvalue weighted by Gasteiger charge is 2.22. The van der Waals surface area contributed by atoms with Crippen LogP contribution < -0.4 is 10.6 Å². The molecule has 22 heavy (non-hydrogen) atoms. The summed E-state index contributed by atoms with van der Waals surface area (Å²) in [4.78, 5) is 23.3. The molecular weight excluding hydrogens is 348 g/mol. The van der Waals surface area contributed by atoms with Crippen molar-refractivity contribution in [3.05, 3.63) is 0 Å². The van der Waals surface area contributed by atoms with Gasteiger partial charge in [-0.3, -0.25) is 9.59 Å². The Morgan fingerprint density at radius 1 is 1.41 bits per heavy atom. The number of anilines is 1. The van der Waals surface area contributed by atoms with Gasteiger partial charge in [-0.25, -0.2) is 0 Å². The van der Waals surface area contributed by atoms with Gasteiger partial charge in [0.1, 0.15) is 0 Å². The van der Waals surface area contributed by atoms with Crippen molar-refractivity contribution < 1.29 is 14.3 Å². The van der Waals surface area contributed by atoms with E-state index >= 15 is 0 Å². The van der Waals surface area contributed by atoms with E-state index < -0.39 is 0 Å². The molecule has 0 radical (unpaired) electrons. The second kappa shape index (κ2) is 9.98. The van der Waals surface area contributed by atoms with Crippen LogP contribution in [-0.4, -0.2) is 47.5 Å². The molecular formula is C12H19ClN4O3S2. The van der Waals surface area contributed by atoms with Crippen LogP contribution in [0.15, 0.2) is 4.34 Å². The molecule has 1 aromatic rings. The number of thioether (sulfide) groups is 1. The predicted octanol–water partition coefficient (Wildman–Crippen LogP) is 1.55. The third-order valence-electron chi connectivity index (χ3n) is 2.97. The summed E-state index contributed by atoms with van der Waals surface area (Å²) in [6, 6.07) is 0. The molecule has 10 heteroatoms. The molecule has 2 N–H and O–H groups in total. The highest BCUT2D eigenvalue weighted by Crippen LogP contribution is 2.26. The van der Waals surface area contributed by atoms with E-state index in [2.05, 4.69) is 20.8 Å². The molecule has 7 nitrogen and oxygen atoms in total. The Hall–Kier alpha value is -0.900. The Morgan fingerprint density at radius 2 is 2.14 bits per heavy atom. The number of nitrogens with zero attached hydrogens (tertiary/aromatic N) is 2. The van der Waals surface area contributed by atoms with E-state index in [1.54, 1.807) is 6.92 Å². The lowest BCUT2D eigenvalue weighted by Crippen LogP contribution is -2.34. The van der Waals surface area contributed by atoms with Crippen LogP contribution in [0.3, 0.4) is 0 Å². The zero-order valence-electron chi connectivity index (χ0n) is 12.2. The van der Waals surface area contributed by atoms with Crippen LogP contribution in [0.2, 0.25) is 0 Å². The molecule has 1 aliphatic rings. The van der Waals surface area contributed by atoms with Crippen molar-refractivity contribution in [1.82, 2.24) is 15.5 Å². The molecule has 124 valence electrons. The van der Waals surface area contributed by atoms with Crippen LogP contribution in [-0.2, 0) is 14.3 Å². The van der Waals surface area contributed by atoms with Gasteiger partial charge in [-0.2, -0.15) is 0 Å². The molecule has 0 aliphatic carbocycles. The number of hydrogen-bond acceptors (Lipinski definition) is 8. The summed E-state index contributed by atoms with van der Waals surface area (Å²) in [6.07, 6.45) is 1.68. The standard InChI is InChI=1S/C12H18N4O3S2.ClH/c1-2-19-9(17)7-20-12-16-15-11(21-12)14-10(18)8-3-5-13-6-4-8;/h8,13H,2-7H2,1H3,(H,14,15,18);1H. The summed E-state index contributed by atoms with van der Waals surface area (Å²) in [7, 11) is 0. The van der Waals surface area contributed by atoms with Crippen LogP contribution in [0.1, 0.15) is 19.8 Å². The maximum Gasteiger partial charge on any atom is 0.316 e. The van der Waals surface area contributed by atoms with Crippen LogP contribution in [0.4, 0.5) is 5.13 Å².